The van der Waals surface area contributed by atoms with Crippen molar-refractivity contribution in [2.75, 3.05) is 7.11 Å². The van der Waals surface area contributed by atoms with Crippen molar-refractivity contribution in [2.45, 2.75) is 19.5 Å². The van der Waals surface area contributed by atoms with Crippen LogP contribution in [0.25, 0.3) is 0 Å². The van der Waals surface area contributed by atoms with Gasteiger partial charge >= 0.3 is 11.8 Å². The van der Waals surface area contributed by atoms with E-state index in [0.717, 1.165) is 11.1 Å². The number of benzene rings is 2. The maximum atomic E-state index is 11.9. The first-order valence-electron chi connectivity index (χ1n) is 7.36. The lowest BCUT2D eigenvalue weighted by Gasteiger charge is -2.14. The fourth-order valence-corrected chi connectivity index (χ4v) is 2.13. The Labute approximate surface area is 135 Å². The van der Waals surface area contributed by atoms with Crippen LogP contribution in [0.3, 0.4) is 0 Å². The van der Waals surface area contributed by atoms with Gasteiger partial charge in [0.2, 0.25) is 0 Å². The third-order valence-electron chi connectivity index (χ3n) is 3.44. The molecule has 0 aliphatic rings. The second-order valence-corrected chi connectivity index (χ2v) is 5.14. The Balaban J connectivity index is 1.86. The van der Waals surface area contributed by atoms with Crippen LogP contribution in [0.1, 0.15) is 24.1 Å². The van der Waals surface area contributed by atoms with Crippen LogP contribution in [0.4, 0.5) is 0 Å². The molecule has 120 valence electrons. The van der Waals surface area contributed by atoms with Crippen LogP contribution >= 0.6 is 0 Å². The van der Waals surface area contributed by atoms with Gasteiger partial charge in [-0.3, -0.25) is 9.59 Å². The molecule has 23 heavy (non-hydrogen) atoms. The highest BCUT2D eigenvalue weighted by Gasteiger charge is 2.16. The lowest BCUT2D eigenvalue weighted by molar-refractivity contribution is -0.139. The van der Waals surface area contributed by atoms with Gasteiger partial charge in [-0.15, -0.1) is 0 Å². The van der Waals surface area contributed by atoms with Crippen LogP contribution in [0.2, 0.25) is 0 Å². The predicted molar refractivity (Wildman–Crippen MR) is 87.8 cm³/mol. The first kappa shape index (κ1) is 16.5. The monoisotopic (exact) mass is 312 g/mol. The molecule has 0 saturated heterocycles. The molecule has 0 unspecified atom stereocenters. The number of hydrogen-bond acceptors (Lipinski definition) is 3. The minimum atomic E-state index is -0.657. The van der Waals surface area contributed by atoms with E-state index in [1.165, 1.54) is 0 Å². The Bertz CT molecular complexity index is 671. The summed E-state index contributed by atoms with van der Waals surface area (Å²) in [5.74, 6) is -0.598. The smallest absolute Gasteiger partial charge is 0.309 e. The Morgan fingerprint density at radius 1 is 1.04 bits per heavy atom. The second kappa shape index (κ2) is 7.98. The summed E-state index contributed by atoms with van der Waals surface area (Å²) in [6.45, 7) is 2.10. The maximum Gasteiger partial charge on any atom is 0.309 e. The molecule has 2 amide bonds. The van der Waals surface area contributed by atoms with Gasteiger partial charge in [0.15, 0.2) is 0 Å². The lowest BCUT2D eigenvalue weighted by atomic mass is 10.1. The summed E-state index contributed by atoms with van der Waals surface area (Å²) in [6, 6.07) is 16.6. The molecule has 5 heteroatoms. The van der Waals surface area contributed by atoms with E-state index >= 15 is 0 Å². The normalized spacial score (nSPS) is 11.4. The molecular formula is C18H20N2O3. The van der Waals surface area contributed by atoms with Crippen molar-refractivity contribution in [1.82, 2.24) is 10.6 Å². The fourth-order valence-electron chi connectivity index (χ4n) is 2.13. The minimum absolute atomic E-state index is 0.230. The van der Waals surface area contributed by atoms with Gasteiger partial charge in [-0.1, -0.05) is 42.5 Å². The summed E-state index contributed by atoms with van der Waals surface area (Å²) >= 11 is 0. The lowest BCUT2D eigenvalue weighted by Crippen LogP contribution is -2.40. The molecule has 0 saturated carbocycles. The van der Waals surface area contributed by atoms with Gasteiger partial charge in [0.1, 0.15) is 5.75 Å². The molecular weight excluding hydrogens is 292 g/mol. The number of carbonyl (C=O) groups excluding carboxylic acids is 2. The average molecular weight is 312 g/mol. The van der Waals surface area contributed by atoms with E-state index in [0.29, 0.717) is 5.75 Å². The van der Waals surface area contributed by atoms with E-state index in [9.17, 15) is 9.59 Å². The van der Waals surface area contributed by atoms with Crippen LogP contribution in [-0.2, 0) is 16.1 Å². The molecule has 0 spiro atoms. The standard InChI is InChI=1S/C18H20N2O3/c1-13(15-8-4-3-5-9-15)20-18(22)17(21)19-12-14-7-6-10-16(11-14)23-2/h3-11,13H,12H2,1-2H3,(H,19,21)(H,20,22)/t13-/m0/s1. The number of nitrogens with one attached hydrogen (secondary N) is 2. The Kier molecular flexibility index (Phi) is 5.74. The molecule has 5 nitrogen and oxygen atoms in total. The van der Waals surface area contributed by atoms with Gasteiger partial charge < -0.3 is 15.4 Å². The molecule has 1 atom stereocenters. The van der Waals surface area contributed by atoms with Crippen LogP contribution in [0, 0.1) is 0 Å². The predicted octanol–water partition coefficient (Wildman–Crippen LogP) is 2.19. The first-order chi connectivity index (χ1) is 11.1. The highest BCUT2D eigenvalue weighted by atomic mass is 16.5. The molecule has 0 aliphatic heterocycles. The van der Waals surface area contributed by atoms with E-state index in [4.69, 9.17) is 4.74 Å². The van der Waals surface area contributed by atoms with Gasteiger partial charge in [-0.25, -0.2) is 0 Å². The first-order valence-corrected chi connectivity index (χ1v) is 7.36. The van der Waals surface area contributed by atoms with Crippen molar-refractivity contribution in [3.8, 4) is 5.75 Å². The van der Waals surface area contributed by atoms with Crippen molar-refractivity contribution in [2.24, 2.45) is 0 Å². The largest absolute Gasteiger partial charge is 0.497 e. The molecule has 2 rings (SSSR count). The van der Waals surface area contributed by atoms with Crippen molar-refractivity contribution >= 4 is 11.8 Å². The van der Waals surface area contributed by atoms with Crippen LogP contribution in [0.15, 0.2) is 54.6 Å². The number of carbonyl (C=O) groups is 2. The van der Waals surface area contributed by atoms with Gasteiger partial charge in [-0.2, -0.15) is 0 Å². The number of rotatable bonds is 5. The summed E-state index contributed by atoms with van der Waals surface area (Å²) in [6.07, 6.45) is 0. The molecule has 2 N–H and O–H groups in total. The van der Waals surface area contributed by atoms with Crippen LogP contribution in [0.5, 0.6) is 5.75 Å². The zero-order chi connectivity index (χ0) is 16.7. The minimum Gasteiger partial charge on any atom is -0.497 e. The maximum absolute atomic E-state index is 11.9. The highest BCUT2D eigenvalue weighted by Crippen LogP contribution is 2.12. The number of ether oxygens (including phenoxy) is 1. The zero-order valence-corrected chi connectivity index (χ0v) is 13.2. The molecule has 0 aliphatic carbocycles. The fraction of sp³-hybridized carbons (Fsp3) is 0.222. The Hall–Kier alpha value is -2.82. The summed E-state index contributed by atoms with van der Waals surface area (Å²) in [7, 11) is 1.58. The summed E-state index contributed by atoms with van der Waals surface area (Å²) in [5, 5.41) is 5.28. The zero-order valence-electron chi connectivity index (χ0n) is 13.2. The summed E-state index contributed by atoms with van der Waals surface area (Å²) in [4.78, 5) is 23.8. The quantitative estimate of drug-likeness (QED) is 0.832. The van der Waals surface area contributed by atoms with E-state index in [1.54, 1.807) is 7.11 Å². The van der Waals surface area contributed by atoms with Crippen molar-refractivity contribution in [3.63, 3.8) is 0 Å². The molecule has 2 aromatic rings. The molecule has 2 aromatic carbocycles. The summed E-state index contributed by atoms with van der Waals surface area (Å²) in [5.41, 5.74) is 1.81. The van der Waals surface area contributed by atoms with Crippen molar-refractivity contribution in [3.05, 3.63) is 65.7 Å². The number of hydrogen-bond donors (Lipinski definition) is 2. The van der Waals surface area contributed by atoms with Crippen molar-refractivity contribution < 1.29 is 14.3 Å². The van der Waals surface area contributed by atoms with Gasteiger partial charge in [0.25, 0.3) is 0 Å². The Morgan fingerprint density at radius 2 is 1.78 bits per heavy atom. The van der Waals surface area contributed by atoms with E-state index < -0.39 is 11.8 Å². The second-order valence-electron chi connectivity index (χ2n) is 5.14. The van der Waals surface area contributed by atoms with Gasteiger partial charge in [0.05, 0.1) is 13.2 Å². The average Bonchev–Trinajstić information content (AvgIpc) is 2.60. The van der Waals surface area contributed by atoms with Crippen molar-refractivity contribution in [1.29, 1.82) is 0 Å². The highest BCUT2D eigenvalue weighted by molar-refractivity contribution is 6.35. The number of methoxy groups -OCH3 is 1. The number of amides is 2. The SMILES string of the molecule is COc1cccc(CNC(=O)C(=O)N[C@@H](C)c2ccccc2)c1. The van der Waals surface area contributed by atoms with E-state index in [2.05, 4.69) is 10.6 Å². The van der Waals surface area contributed by atoms with Gasteiger partial charge in [-0.05, 0) is 30.2 Å². The molecule has 0 aromatic heterocycles. The third-order valence-corrected chi connectivity index (χ3v) is 3.44. The molecule has 0 bridgehead atoms. The van der Waals surface area contributed by atoms with Gasteiger partial charge in [0, 0.05) is 6.54 Å². The van der Waals surface area contributed by atoms with Crippen LogP contribution in [-0.4, -0.2) is 18.9 Å². The van der Waals surface area contributed by atoms with E-state index in [1.807, 2.05) is 61.5 Å². The van der Waals surface area contributed by atoms with Crippen LogP contribution < -0.4 is 15.4 Å². The molecule has 0 fully saturated rings. The third kappa shape index (κ3) is 4.85. The Morgan fingerprint density at radius 3 is 2.48 bits per heavy atom. The topological polar surface area (TPSA) is 67.4 Å². The summed E-state index contributed by atoms with van der Waals surface area (Å²) < 4.78 is 5.12. The molecule has 0 heterocycles. The molecule has 0 radical (unpaired) electrons. The van der Waals surface area contributed by atoms with E-state index in [-0.39, 0.29) is 12.6 Å².